The van der Waals surface area contributed by atoms with E-state index in [9.17, 15) is 0 Å². The Labute approximate surface area is 128 Å². The van der Waals surface area contributed by atoms with Crippen LogP contribution in [0.2, 0.25) is 0 Å². The van der Waals surface area contributed by atoms with Crippen LogP contribution in [-0.2, 0) is 9.47 Å². The molecule has 0 amide bonds. The van der Waals surface area contributed by atoms with Crippen molar-refractivity contribution in [2.75, 3.05) is 52.5 Å². The van der Waals surface area contributed by atoms with Crippen molar-refractivity contribution in [1.82, 2.24) is 15.5 Å². The molecular formula is C15H30N4O2. The van der Waals surface area contributed by atoms with Gasteiger partial charge in [0, 0.05) is 32.3 Å². The lowest BCUT2D eigenvalue weighted by Gasteiger charge is -2.34. The first-order valence-corrected chi connectivity index (χ1v) is 8.29. The van der Waals surface area contributed by atoms with Gasteiger partial charge in [-0.25, -0.2) is 0 Å². The van der Waals surface area contributed by atoms with Crippen molar-refractivity contribution in [2.45, 2.75) is 38.8 Å². The van der Waals surface area contributed by atoms with E-state index in [-0.39, 0.29) is 6.10 Å². The number of hydrogen-bond donors (Lipinski definition) is 2. The van der Waals surface area contributed by atoms with Gasteiger partial charge in [-0.3, -0.25) is 9.89 Å². The molecule has 0 aliphatic carbocycles. The van der Waals surface area contributed by atoms with Gasteiger partial charge >= 0.3 is 0 Å². The Bertz CT molecular complexity index is 325. The number of morpholine rings is 1. The number of hydrogen-bond acceptors (Lipinski definition) is 4. The van der Waals surface area contributed by atoms with E-state index >= 15 is 0 Å². The lowest BCUT2D eigenvalue weighted by atomic mass is 10.2. The standard InChI is InChI=1S/C15H30N4O2/c1-3-16-15(17-7-9-20-4-2)18-10-14-11-19-8-5-6-13(19)12-21-14/h13-14H,3-12H2,1-2H3,(H2,16,17,18). The molecule has 2 heterocycles. The summed E-state index contributed by atoms with van der Waals surface area (Å²) < 4.78 is 11.3. The predicted octanol–water partition coefficient (Wildman–Crippen LogP) is 0.441. The molecule has 6 nitrogen and oxygen atoms in total. The molecule has 6 heteroatoms. The first-order chi connectivity index (χ1) is 10.3. The SMILES string of the molecule is CCNC(=NCC1CN2CCCC2CO1)NCCOCC. The molecule has 2 aliphatic heterocycles. The van der Waals surface area contributed by atoms with Crippen molar-refractivity contribution in [1.29, 1.82) is 0 Å². The normalized spacial score (nSPS) is 26.7. The summed E-state index contributed by atoms with van der Waals surface area (Å²) >= 11 is 0. The van der Waals surface area contributed by atoms with Crippen molar-refractivity contribution >= 4 is 5.96 Å². The number of fused-ring (bicyclic) bond motifs is 1. The Kier molecular flexibility index (Phi) is 7.26. The van der Waals surface area contributed by atoms with Crippen LogP contribution in [0.15, 0.2) is 4.99 Å². The highest BCUT2D eigenvalue weighted by Gasteiger charge is 2.31. The van der Waals surface area contributed by atoms with Crippen LogP contribution in [0.25, 0.3) is 0 Å². The van der Waals surface area contributed by atoms with E-state index in [1.54, 1.807) is 0 Å². The van der Waals surface area contributed by atoms with Crippen molar-refractivity contribution in [2.24, 2.45) is 4.99 Å². The predicted molar refractivity (Wildman–Crippen MR) is 84.8 cm³/mol. The zero-order valence-corrected chi connectivity index (χ0v) is 13.4. The van der Waals surface area contributed by atoms with Crippen molar-refractivity contribution in [3.05, 3.63) is 0 Å². The van der Waals surface area contributed by atoms with Crippen molar-refractivity contribution in [3.8, 4) is 0 Å². The summed E-state index contributed by atoms with van der Waals surface area (Å²) in [6, 6.07) is 0.655. The lowest BCUT2D eigenvalue weighted by molar-refractivity contribution is -0.0432. The first-order valence-electron chi connectivity index (χ1n) is 8.29. The maximum absolute atomic E-state index is 5.93. The number of nitrogens with zero attached hydrogens (tertiary/aromatic N) is 2. The van der Waals surface area contributed by atoms with Gasteiger partial charge in [0.05, 0.1) is 25.9 Å². The number of nitrogens with one attached hydrogen (secondary N) is 2. The minimum Gasteiger partial charge on any atom is -0.380 e. The molecule has 0 aromatic carbocycles. The van der Waals surface area contributed by atoms with Gasteiger partial charge in [0.1, 0.15) is 0 Å². The quantitative estimate of drug-likeness (QED) is 0.406. The van der Waals surface area contributed by atoms with Gasteiger partial charge in [0.2, 0.25) is 0 Å². The zero-order valence-electron chi connectivity index (χ0n) is 13.4. The van der Waals surface area contributed by atoms with E-state index < -0.39 is 0 Å². The van der Waals surface area contributed by atoms with Crippen LogP contribution >= 0.6 is 0 Å². The molecule has 0 saturated carbocycles. The molecule has 0 bridgehead atoms. The van der Waals surface area contributed by atoms with Gasteiger partial charge < -0.3 is 20.1 Å². The van der Waals surface area contributed by atoms with E-state index in [1.807, 2.05) is 6.92 Å². The van der Waals surface area contributed by atoms with Crippen LogP contribution in [-0.4, -0.2) is 75.5 Å². The molecule has 21 heavy (non-hydrogen) atoms. The third-order valence-corrected chi connectivity index (χ3v) is 4.00. The molecule has 2 aliphatic rings. The fraction of sp³-hybridized carbons (Fsp3) is 0.933. The molecule has 2 atom stereocenters. The molecule has 2 unspecified atom stereocenters. The Morgan fingerprint density at radius 1 is 1.38 bits per heavy atom. The average Bonchev–Trinajstić information content (AvgIpc) is 2.96. The highest BCUT2D eigenvalue weighted by Crippen LogP contribution is 2.22. The number of rotatable bonds is 7. The summed E-state index contributed by atoms with van der Waals surface area (Å²) in [5.74, 6) is 0.851. The molecule has 2 fully saturated rings. The molecular weight excluding hydrogens is 268 g/mol. The summed E-state index contributed by atoms with van der Waals surface area (Å²) in [5, 5.41) is 6.55. The Morgan fingerprint density at radius 2 is 2.29 bits per heavy atom. The van der Waals surface area contributed by atoms with E-state index in [0.717, 1.165) is 38.8 Å². The third kappa shape index (κ3) is 5.45. The summed E-state index contributed by atoms with van der Waals surface area (Å²) in [6.07, 6.45) is 2.82. The summed E-state index contributed by atoms with van der Waals surface area (Å²) in [5.41, 5.74) is 0. The molecule has 2 saturated heterocycles. The van der Waals surface area contributed by atoms with E-state index in [2.05, 4.69) is 27.4 Å². The second kappa shape index (κ2) is 9.23. The van der Waals surface area contributed by atoms with Gasteiger partial charge in [0.25, 0.3) is 0 Å². The zero-order chi connectivity index (χ0) is 14.9. The largest absolute Gasteiger partial charge is 0.380 e. The highest BCUT2D eigenvalue weighted by atomic mass is 16.5. The number of guanidine groups is 1. The van der Waals surface area contributed by atoms with Gasteiger partial charge in [-0.1, -0.05) is 0 Å². The molecule has 0 spiro atoms. The minimum absolute atomic E-state index is 0.224. The van der Waals surface area contributed by atoms with Gasteiger partial charge in [-0.05, 0) is 33.2 Å². The Morgan fingerprint density at radius 3 is 3.10 bits per heavy atom. The second-order valence-corrected chi connectivity index (χ2v) is 5.59. The lowest BCUT2D eigenvalue weighted by Crippen LogP contribution is -2.47. The molecule has 2 rings (SSSR count). The van der Waals surface area contributed by atoms with Crippen LogP contribution in [0, 0.1) is 0 Å². The van der Waals surface area contributed by atoms with Gasteiger partial charge in [0.15, 0.2) is 5.96 Å². The molecule has 0 aromatic heterocycles. The maximum atomic E-state index is 5.93. The smallest absolute Gasteiger partial charge is 0.191 e. The summed E-state index contributed by atoms with van der Waals surface area (Å²) in [6.45, 7) is 11.0. The van der Waals surface area contributed by atoms with Crippen LogP contribution in [0.4, 0.5) is 0 Å². The highest BCUT2D eigenvalue weighted by molar-refractivity contribution is 5.79. The summed E-state index contributed by atoms with van der Waals surface area (Å²) in [7, 11) is 0. The molecule has 122 valence electrons. The van der Waals surface area contributed by atoms with Crippen LogP contribution in [0.1, 0.15) is 26.7 Å². The van der Waals surface area contributed by atoms with Crippen LogP contribution in [0.3, 0.4) is 0 Å². The van der Waals surface area contributed by atoms with E-state index in [0.29, 0.717) is 19.2 Å². The number of ether oxygens (including phenoxy) is 2. The van der Waals surface area contributed by atoms with Gasteiger partial charge in [-0.15, -0.1) is 0 Å². The van der Waals surface area contributed by atoms with E-state index in [4.69, 9.17) is 9.47 Å². The number of aliphatic imine (C=N–C) groups is 1. The Hall–Kier alpha value is -0.850. The molecule has 2 N–H and O–H groups in total. The van der Waals surface area contributed by atoms with Crippen LogP contribution in [0.5, 0.6) is 0 Å². The summed E-state index contributed by atoms with van der Waals surface area (Å²) in [4.78, 5) is 7.19. The van der Waals surface area contributed by atoms with Gasteiger partial charge in [-0.2, -0.15) is 0 Å². The second-order valence-electron chi connectivity index (χ2n) is 5.59. The van der Waals surface area contributed by atoms with Crippen molar-refractivity contribution in [3.63, 3.8) is 0 Å². The first kappa shape index (κ1) is 16.5. The average molecular weight is 298 g/mol. The van der Waals surface area contributed by atoms with Crippen LogP contribution < -0.4 is 10.6 Å². The molecule has 0 aromatic rings. The fourth-order valence-corrected chi connectivity index (χ4v) is 2.92. The fourth-order valence-electron chi connectivity index (χ4n) is 2.92. The third-order valence-electron chi connectivity index (χ3n) is 4.00. The Balaban J connectivity index is 1.73. The maximum Gasteiger partial charge on any atom is 0.191 e. The topological polar surface area (TPSA) is 58.1 Å². The van der Waals surface area contributed by atoms with Crippen molar-refractivity contribution < 1.29 is 9.47 Å². The monoisotopic (exact) mass is 298 g/mol. The minimum atomic E-state index is 0.224. The van der Waals surface area contributed by atoms with E-state index in [1.165, 1.54) is 19.4 Å². The molecule has 0 radical (unpaired) electrons.